The van der Waals surface area contributed by atoms with Crippen molar-refractivity contribution in [3.8, 4) is 0 Å². The van der Waals surface area contributed by atoms with Crippen molar-refractivity contribution in [2.45, 2.75) is 38.1 Å². The molecule has 104 valence electrons. The summed E-state index contributed by atoms with van der Waals surface area (Å²) in [6.45, 7) is 0. The SMILES string of the molecule is CNC(CC1CC2CCC1C2)c1ccc(Br)c(F)c1. The van der Waals surface area contributed by atoms with Gasteiger partial charge in [0.15, 0.2) is 0 Å². The molecule has 0 saturated heterocycles. The fourth-order valence-electron chi connectivity index (χ4n) is 4.12. The summed E-state index contributed by atoms with van der Waals surface area (Å²) in [4.78, 5) is 0. The molecular formula is C16H21BrFN. The quantitative estimate of drug-likeness (QED) is 0.847. The molecule has 2 aliphatic rings. The molecule has 2 saturated carbocycles. The minimum absolute atomic E-state index is 0.161. The van der Waals surface area contributed by atoms with Gasteiger partial charge in [-0.3, -0.25) is 0 Å². The van der Waals surface area contributed by atoms with Crippen molar-refractivity contribution in [1.82, 2.24) is 5.32 Å². The van der Waals surface area contributed by atoms with Crippen LogP contribution in [0.25, 0.3) is 0 Å². The van der Waals surface area contributed by atoms with Crippen molar-refractivity contribution < 1.29 is 4.39 Å². The van der Waals surface area contributed by atoms with Gasteiger partial charge >= 0.3 is 0 Å². The van der Waals surface area contributed by atoms with Gasteiger partial charge in [-0.15, -0.1) is 0 Å². The fourth-order valence-corrected chi connectivity index (χ4v) is 4.36. The Bertz CT molecular complexity index is 462. The van der Waals surface area contributed by atoms with Crippen molar-refractivity contribution >= 4 is 15.9 Å². The fraction of sp³-hybridized carbons (Fsp3) is 0.625. The first-order chi connectivity index (χ1) is 9.17. The standard InChI is InChI=1S/C16H21BrFN/c1-19-16(12-4-5-14(17)15(18)8-12)9-13-7-10-2-3-11(13)6-10/h4-5,8,10-11,13,16,19H,2-3,6-7,9H2,1H3. The van der Waals surface area contributed by atoms with E-state index in [-0.39, 0.29) is 11.9 Å². The molecule has 2 aliphatic carbocycles. The Morgan fingerprint density at radius 2 is 2.21 bits per heavy atom. The first-order valence-electron chi connectivity index (χ1n) is 7.29. The van der Waals surface area contributed by atoms with E-state index in [2.05, 4.69) is 21.2 Å². The Kier molecular flexibility index (Phi) is 3.95. The minimum atomic E-state index is -0.161. The van der Waals surface area contributed by atoms with Crippen LogP contribution in [0.4, 0.5) is 4.39 Å². The highest BCUT2D eigenvalue weighted by molar-refractivity contribution is 9.10. The van der Waals surface area contributed by atoms with Crippen molar-refractivity contribution in [3.05, 3.63) is 34.1 Å². The lowest BCUT2D eigenvalue weighted by Crippen LogP contribution is -2.22. The number of hydrogen-bond acceptors (Lipinski definition) is 1. The van der Waals surface area contributed by atoms with Crippen LogP contribution in [-0.4, -0.2) is 7.05 Å². The summed E-state index contributed by atoms with van der Waals surface area (Å²) in [6.07, 6.45) is 6.84. The second-order valence-electron chi connectivity index (χ2n) is 6.19. The topological polar surface area (TPSA) is 12.0 Å². The summed E-state index contributed by atoms with van der Waals surface area (Å²) in [7, 11) is 1.98. The van der Waals surface area contributed by atoms with Gasteiger partial charge < -0.3 is 5.32 Å². The molecule has 0 heterocycles. The summed E-state index contributed by atoms with van der Waals surface area (Å²) in [5.41, 5.74) is 1.07. The number of rotatable bonds is 4. The van der Waals surface area contributed by atoms with E-state index in [1.807, 2.05) is 19.2 Å². The molecule has 1 nitrogen and oxygen atoms in total. The predicted octanol–water partition coefficient (Wildman–Crippen LogP) is 4.68. The van der Waals surface area contributed by atoms with Gasteiger partial charge in [0.05, 0.1) is 4.47 Å². The van der Waals surface area contributed by atoms with Gasteiger partial charge in [0.2, 0.25) is 0 Å². The van der Waals surface area contributed by atoms with Crippen LogP contribution >= 0.6 is 15.9 Å². The highest BCUT2D eigenvalue weighted by Gasteiger charge is 2.40. The highest BCUT2D eigenvalue weighted by Crippen LogP contribution is 2.50. The van der Waals surface area contributed by atoms with E-state index in [0.717, 1.165) is 29.7 Å². The highest BCUT2D eigenvalue weighted by atomic mass is 79.9. The van der Waals surface area contributed by atoms with E-state index in [9.17, 15) is 4.39 Å². The van der Waals surface area contributed by atoms with E-state index < -0.39 is 0 Å². The molecule has 0 aromatic heterocycles. The lowest BCUT2D eigenvalue weighted by Gasteiger charge is -2.27. The van der Waals surface area contributed by atoms with Gasteiger partial charge in [0.25, 0.3) is 0 Å². The van der Waals surface area contributed by atoms with E-state index in [0.29, 0.717) is 4.47 Å². The molecule has 1 N–H and O–H groups in total. The van der Waals surface area contributed by atoms with Crippen LogP contribution in [0.15, 0.2) is 22.7 Å². The van der Waals surface area contributed by atoms with Crippen LogP contribution in [0.2, 0.25) is 0 Å². The average molecular weight is 326 g/mol. The van der Waals surface area contributed by atoms with Crippen LogP contribution in [0.1, 0.15) is 43.7 Å². The number of fused-ring (bicyclic) bond motifs is 2. The maximum atomic E-state index is 13.7. The Morgan fingerprint density at radius 1 is 1.37 bits per heavy atom. The first kappa shape index (κ1) is 13.6. The number of benzene rings is 1. The molecule has 1 aromatic carbocycles. The number of nitrogens with one attached hydrogen (secondary N) is 1. The number of halogens is 2. The van der Waals surface area contributed by atoms with Gasteiger partial charge in [0.1, 0.15) is 5.82 Å². The Labute approximate surface area is 123 Å². The van der Waals surface area contributed by atoms with Crippen molar-refractivity contribution in [1.29, 1.82) is 0 Å². The second kappa shape index (κ2) is 5.53. The third-order valence-corrected chi connectivity index (χ3v) is 5.76. The van der Waals surface area contributed by atoms with E-state index in [4.69, 9.17) is 0 Å². The number of hydrogen-bond donors (Lipinski definition) is 1. The summed E-state index contributed by atoms with van der Waals surface area (Å²) in [6, 6.07) is 5.79. The summed E-state index contributed by atoms with van der Waals surface area (Å²) >= 11 is 3.22. The molecule has 3 heteroatoms. The van der Waals surface area contributed by atoms with Gasteiger partial charge in [0, 0.05) is 6.04 Å². The lowest BCUT2D eigenvalue weighted by atomic mass is 9.83. The third kappa shape index (κ3) is 2.73. The normalized spacial score (nSPS) is 30.8. The van der Waals surface area contributed by atoms with Crippen molar-refractivity contribution in [2.24, 2.45) is 17.8 Å². The molecule has 0 radical (unpaired) electrons. The van der Waals surface area contributed by atoms with Gasteiger partial charge in [-0.05, 0) is 84.1 Å². The zero-order chi connectivity index (χ0) is 13.4. The van der Waals surface area contributed by atoms with E-state index in [1.54, 1.807) is 6.07 Å². The first-order valence-corrected chi connectivity index (χ1v) is 8.09. The monoisotopic (exact) mass is 325 g/mol. The lowest BCUT2D eigenvalue weighted by molar-refractivity contribution is 0.284. The molecule has 1 aromatic rings. The molecule has 0 spiro atoms. The molecule has 0 aliphatic heterocycles. The zero-order valence-corrected chi connectivity index (χ0v) is 12.9. The maximum Gasteiger partial charge on any atom is 0.137 e. The Balaban J connectivity index is 1.71. The van der Waals surface area contributed by atoms with Crippen molar-refractivity contribution in [2.75, 3.05) is 7.05 Å². The van der Waals surface area contributed by atoms with Crippen LogP contribution in [0.3, 0.4) is 0 Å². The Hall–Kier alpha value is -0.410. The summed E-state index contributed by atoms with van der Waals surface area (Å²) in [5, 5.41) is 3.37. The maximum absolute atomic E-state index is 13.7. The van der Waals surface area contributed by atoms with Gasteiger partial charge in [-0.25, -0.2) is 4.39 Å². The Morgan fingerprint density at radius 3 is 2.79 bits per heavy atom. The molecule has 4 unspecified atom stereocenters. The van der Waals surface area contributed by atoms with Crippen molar-refractivity contribution in [3.63, 3.8) is 0 Å². The molecular weight excluding hydrogens is 305 g/mol. The van der Waals surface area contributed by atoms with E-state index >= 15 is 0 Å². The van der Waals surface area contributed by atoms with Crippen LogP contribution in [-0.2, 0) is 0 Å². The zero-order valence-electron chi connectivity index (χ0n) is 11.3. The molecule has 3 rings (SSSR count). The van der Waals surface area contributed by atoms with Crippen LogP contribution < -0.4 is 5.32 Å². The summed E-state index contributed by atoms with van der Waals surface area (Å²) < 4.78 is 14.2. The predicted molar refractivity (Wildman–Crippen MR) is 79.5 cm³/mol. The van der Waals surface area contributed by atoms with Crippen LogP contribution in [0.5, 0.6) is 0 Å². The molecule has 0 amide bonds. The van der Waals surface area contributed by atoms with Gasteiger partial charge in [-0.1, -0.05) is 12.5 Å². The molecule has 2 bridgehead atoms. The third-order valence-electron chi connectivity index (χ3n) is 5.12. The average Bonchev–Trinajstić information content (AvgIpc) is 3.01. The molecule has 4 atom stereocenters. The minimum Gasteiger partial charge on any atom is -0.313 e. The largest absolute Gasteiger partial charge is 0.313 e. The van der Waals surface area contributed by atoms with Crippen LogP contribution in [0, 0.1) is 23.6 Å². The van der Waals surface area contributed by atoms with Gasteiger partial charge in [-0.2, -0.15) is 0 Å². The smallest absolute Gasteiger partial charge is 0.137 e. The second-order valence-corrected chi connectivity index (χ2v) is 7.04. The molecule has 2 fully saturated rings. The summed E-state index contributed by atoms with van der Waals surface area (Å²) in [5.74, 6) is 2.59. The molecule has 19 heavy (non-hydrogen) atoms. The van der Waals surface area contributed by atoms with E-state index in [1.165, 1.54) is 25.7 Å².